The van der Waals surface area contributed by atoms with E-state index in [0.29, 0.717) is 5.56 Å². The molecule has 0 aliphatic carbocycles. The maximum atomic E-state index is 12.3. The Hall–Kier alpha value is -2.99. The number of hydrogen-bond acceptors (Lipinski definition) is 4. The molecule has 24 heavy (non-hydrogen) atoms. The second-order valence-electron chi connectivity index (χ2n) is 5.02. The molecule has 1 heterocycles. The van der Waals surface area contributed by atoms with Crippen molar-refractivity contribution in [3.8, 4) is 0 Å². The number of hydrogen-bond donors (Lipinski definition) is 2. The minimum absolute atomic E-state index is 0.135. The Balaban J connectivity index is 1.57. The Morgan fingerprint density at radius 2 is 1.88 bits per heavy atom. The van der Waals surface area contributed by atoms with Gasteiger partial charge in [0, 0.05) is 10.4 Å². The van der Waals surface area contributed by atoms with Crippen LogP contribution in [-0.2, 0) is 4.79 Å². The number of nitrogens with zero attached hydrogens (tertiary/aromatic N) is 1. The number of thiophene rings is 1. The highest BCUT2D eigenvalue weighted by Gasteiger charge is 2.10. The molecular weight excluding hydrogens is 322 g/mol. The summed E-state index contributed by atoms with van der Waals surface area (Å²) in [5.74, 6) is -0.666. The molecule has 2 aromatic carbocycles. The summed E-state index contributed by atoms with van der Waals surface area (Å²) >= 11 is 1.52. The largest absolute Gasteiger partial charge is 0.343 e. The molecule has 0 spiro atoms. The van der Waals surface area contributed by atoms with Gasteiger partial charge >= 0.3 is 0 Å². The Morgan fingerprint density at radius 3 is 2.71 bits per heavy atom. The number of amides is 2. The van der Waals surface area contributed by atoms with Gasteiger partial charge in [0.05, 0.1) is 12.8 Å². The van der Waals surface area contributed by atoms with Crippen LogP contribution in [0.3, 0.4) is 0 Å². The third kappa shape index (κ3) is 3.85. The first-order chi connectivity index (χ1) is 11.7. The maximum absolute atomic E-state index is 12.3. The lowest BCUT2D eigenvalue weighted by atomic mass is 10.0. The lowest BCUT2D eigenvalue weighted by molar-refractivity contribution is -0.120. The van der Waals surface area contributed by atoms with Crippen molar-refractivity contribution >= 4 is 40.1 Å². The van der Waals surface area contributed by atoms with Gasteiger partial charge in [0.2, 0.25) is 0 Å². The van der Waals surface area contributed by atoms with Crippen LogP contribution in [-0.4, -0.2) is 24.6 Å². The van der Waals surface area contributed by atoms with E-state index in [-0.39, 0.29) is 18.4 Å². The molecule has 120 valence electrons. The fourth-order valence-electron chi connectivity index (χ4n) is 2.25. The second-order valence-corrected chi connectivity index (χ2v) is 6.00. The number of carbonyl (C=O) groups excluding carboxylic acids is 2. The lowest BCUT2D eigenvalue weighted by Crippen LogP contribution is -2.35. The van der Waals surface area contributed by atoms with E-state index in [1.165, 1.54) is 11.3 Å². The van der Waals surface area contributed by atoms with E-state index in [2.05, 4.69) is 15.8 Å². The zero-order chi connectivity index (χ0) is 16.8. The topological polar surface area (TPSA) is 70.6 Å². The van der Waals surface area contributed by atoms with Gasteiger partial charge in [-0.1, -0.05) is 42.5 Å². The molecule has 0 fully saturated rings. The summed E-state index contributed by atoms with van der Waals surface area (Å²) in [5, 5.41) is 10.2. The van der Waals surface area contributed by atoms with Crippen LogP contribution in [0.5, 0.6) is 0 Å². The van der Waals surface area contributed by atoms with E-state index in [0.717, 1.165) is 15.6 Å². The SMILES string of the molecule is O=C(CNC(=O)c1cccc2ccccc12)N/N=C\c1cccs1. The predicted molar refractivity (Wildman–Crippen MR) is 96.3 cm³/mol. The number of nitrogens with one attached hydrogen (secondary N) is 2. The third-order valence-electron chi connectivity index (χ3n) is 3.37. The zero-order valence-corrected chi connectivity index (χ0v) is 13.5. The van der Waals surface area contributed by atoms with Crippen LogP contribution in [0, 0.1) is 0 Å². The highest BCUT2D eigenvalue weighted by atomic mass is 32.1. The van der Waals surface area contributed by atoms with Crippen LogP contribution < -0.4 is 10.7 Å². The quantitative estimate of drug-likeness (QED) is 0.555. The Kier molecular flexibility index (Phi) is 4.98. The van der Waals surface area contributed by atoms with Crippen LogP contribution in [0.2, 0.25) is 0 Å². The zero-order valence-electron chi connectivity index (χ0n) is 12.7. The van der Waals surface area contributed by atoms with Crippen molar-refractivity contribution in [3.63, 3.8) is 0 Å². The standard InChI is InChI=1S/C18H15N3O2S/c22-17(21-20-11-14-7-4-10-24-14)12-19-18(23)16-9-3-6-13-5-1-2-8-15(13)16/h1-11H,12H2,(H,19,23)(H,21,22)/b20-11-. The number of carbonyl (C=O) groups is 2. The molecule has 3 aromatic rings. The Bertz CT molecular complexity index is 883. The lowest BCUT2D eigenvalue weighted by Gasteiger charge is -2.07. The first-order valence-electron chi connectivity index (χ1n) is 7.35. The fraction of sp³-hybridized carbons (Fsp3) is 0.0556. The van der Waals surface area contributed by atoms with Crippen molar-refractivity contribution in [1.82, 2.24) is 10.7 Å². The predicted octanol–water partition coefficient (Wildman–Crippen LogP) is 2.78. The maximum Gasteiger partial charge on any atom is 0.259 e. The molecule has 2 N–H and O–H groups in total. The first-order valence-corrected chi connectivity index (χ1v) is 8.23. The average molecular weight is 337 g/mol. The Labute approximate surface area is 143 Å². The summed E-state index contributed by atoms with van der Waals surface area (Å²) in [5.41, 5.74) is 2.93. The van der Waals surface area contributed by atoms with Crippen molar-refractivity contribution in [2.24, 2.45) is 5.10 Å². The van der Waals surface area contributed by atoms with E-state index >= 15 is 0 Å². The molecule has 1 aromatic heterocycles. The van der Waals surface area contributed by atoms with Gasteiger partial charge in [-0.2, -0.15) is 5.10 Å². The number of hydrazone groups is 1. The van der Waals surface area contributed by atoms with E-state index < -0.39 is 0 Å². The molecule has 0 aliphatic heterocycles. The molecule has 0 atom stereocenters. The van der Waals surface area contributed by atoms with Gasteiger partial charge in [0.15, 0.2) is 0 Å². The normalized spacial score (nSPS) is 10.8. The van der Waals surface area contributed by atoms with Crippen LogP contribution in [0.1, 0.15) is 15.2 Å². The van der Waals surface area contributed by atoms with Gasteiger partial charge in [-0.25, -0.2) is 5.43 Å². The highest BCUT2D eigenvalue weighted by molar-refractivity contribution is 7.11. The van der Waals surface area contributed by atoms with Gasteiger partial charge in [-0.3, -0.25) is 9.59 Å². The minimum atomic E-state index is -0.378. The molecule has 5 nitrogen and oxygen atoms in total. The van der Waals surface area contributed by atoms with Gasteiger partial charge in [0.1, 0.15) is 0 Å². The van der Waals surface area contributed by atoms with Gasteiger partial charge in [-0.15, -0.1) is 11.3 Å². The van der Waals surface area contributed by atoms with Gasteiger partial charge < -0.3 is 5.32 Å². The number of rotatable bonds is 5. The molecule has 0 saturated carbocycles. The van der Waals surface area contributed by atoms with Crippen molar-refractivity contribution in [2.45, 2.75) is 0 Å². The molecular formula is C18H15N3O2S. The van der Waals surface area contributed by atoms with Crippen molar-refractivity contribution < 1.29 is 9.59 Å². The monoisotopic (exact) mass is 337 g/mol. The second kappa shape index (κ2) is 7.52. The number of fused-ring (bicyclic) bond motifs is 1. The number of benzene rings is 2. The Morgan fingerprint density at radius 1 is 1.04 bits per heavy atom. The van der Waals surface area contributed by atoms with E-state index in [1.54, 1.807) is 12.3 Å². The summed E-state index contributed by atoms with van der Waals surface area (Å²) in [6.07, 6.45) is 1.56. The molecule has 0 unspecified atom stereocenters. The molecule has 3 rings (SSSR count). The molecule has 0 radical (unpaired) electrons. The summed E-state index contributed by atoms with van der Waals surface area (Å²) in [6, 6.07) is 16.9. The molecule has 2 amide bonds. The van der Waals surface area contributed by atoms with Crippen molar-refractivity contribution in [3.05, 3.63) is 70.4 Å². The third-order valence-corrected chi connectivity index (χ3v) is 4.17. The molecule has 0 bridgehead atoms. The van der Waals surface area contributed by atoms with Crippen molar-refractivity contribution in [1.29, 1.82) is 0 Å². The van der Waals surface area contributed by atoms with Crippen LogP contribution in [0.15, 0.2) is 65.1 Å². The average Bonchev–Trinajstić information content (AvgIpc) is 3.12. The first kappa shape index (κ1) is 15.9. The highest BCUT2D eigenvalue weighted by Crippen LogP contribution is 2.18. The fourth-order valence-corrected chi connectivity index (χ4v) is 2.84. The van der Waals surface area contributed by atoms with Crippen molar-refractivity contribution in [2.75, 3.05) is 6.54 Å². The van der Waals surface area contributed by atoms with Crippen LogP contribution >= 0.6 is 11.3 Å². The molecule has 0 saturated heterocycles. The smallest absolute Gasteiger partial charge is 0.259 e. The molecule has 0 aliphatic rings. The summed E-state index contributed by atoms with van der Waals surface area (Å²) < 4.78 is 0. The summed E-state index contributed by atoms with van der Waals surface area (Å²) in [6.45, 7) is -0.135. The van der Waals surface area contributed by atoms with Crippen LogP contribution in [0.25, 0.3) is 10.8 Å². The van der Waals surface area contributed by atoms with E-state index in [4.69, 9.17) is 0 Å². The van der Waals surface area contributed by atoms with Gasteiger partial charge in [0.25, 0.3) is 11.8 Å². The van der Waals surface area contributed by atoms with E-state index in [1.807, 2.05) is 53.9 Å². The summed E-state index contributed by atoms with van der Waals surface area (Å²) in [4.78, 5) is 25.0. The summed E-state index contributed by atoms with van der Waals surface area (Å²) in [7, 11) is 0. The molecule has 6 heteroatoms. The minimum Gasteiger partial charge on any atom is -0.343 e. The van der Waals surface area contributed by atoms with Gasteiger partial charge in [-0.05, 0) is 28.3 Å². The van der Waals surface area contributed by atoms with E-state index in [9.17, 15) is 9.59 Å². The van der Waals surface area contributed by atoms with Crippen LogP contribution in [0.4, 0.5) is 0 Å².